The molecule has 2 aromatic rings. The summed E-state index contributed by atoms with van der Waals surface area (Å²) < 4.78 is 5.12. The number of nitrogens with one attached hydrogen (secondary N) is 1. The van der Waals surface area contributed by atoms with Gasteiger partial charge in [0.2, 0.25) is 0 Å². The van der Waals surface area contributed by atoms with Crippen LogP contribution in [-0.4, -0.2) is 12.6 Å². The van der Waals surface area contributed by atoms with Crippen LogP contribution in [0.3, 0.4) is 0 Å². The molecule has 1 amide bonds. The largest absolute Gasteiger partial charge is 0.445 e. The summed E-state index contributed by atoms with van der Waals surface area (Å²) in [5.74, 6) is 0. The summed E-state index contributed by atoms with van der Waals surface area (Å²) in [6.45, 7) is 2.97. The van der Waals surface area contributed by atoms with Gasteiger partial charge in [0.05, 0.1) is 0 Å². The summed E-state index contributed by atoms with van der Waals surface area (Å²) in [5.41, 5.74) is 2.20. The van der Waals surface area contributed by atoms with Gasteiger partial charge < -0.3 is 10.1 Å². The molecule has 110 valence electrons. The van der Waals surface area contributed by atoms with Gasteiger partial charge in [0.15, 0.2) is 0 Å². The second kappa shape index (κ2) is 8.27. The van der Waals surface area contributed by atoms with Gasteiger partial charge in [-0.1, -0.05) is 42.5 Å². The lowest BCUT2D eigenvalue weighted by atomic mass is 10.2. The van der Waals surface area contributed by atoms with E-state index in [4.69, 9.17) is 4.74 Å². The van der Waals surface area contributed by atoms with Crippen LogP contribution < -0.4 is 5.32 Å². The normalized spacial score (nSPS) is 10.7. The summed E-state index contributed by atoms with van der Waals surface area (Å²) in [6, 6.07) is 11.8. The maximum Gasteiger partial charge on any atom is 0.407 e. The Morgan fingerprint density at radius 2 is 2.14 bits per heavy atom. The minimum atomic E-state index is -0.376. The van der Waals surface area contributed by atoms with Crippen molar-refractivity contribution in [2.24, 2.45) is 0 Å². The van der Waals surface area contributed by atoms with E-state index in [1.54, 1.807) is 11.3 Å². The molecule has 0 fully saturated rings. The second-order valence-corrected chi connectivity index (χ2v) is 5.79. The average molecular weight is 301 g/mol. The molecule has 4 heteroatoms. The SMILES string of the molecule is Cc1cc(C=CCCNC(=O)OCc2ccccc2)cs1. The molecule has 2 rings (SSSR count). The minimum Gasteiger partial charge on any atom is -0.445 e. The summed E-state index contributed by atoms with van der Waals surface area (Å²) in [4.78, 5) is 12.8. The molecule has 0 atom stereocenters. The van der Waals surface area contributed by atoms with E-state index in [1.807, 2.05) is 30.3 Å². The average Bonchev–Trinajstić information content (AvgIpc) is 2.91. The highest BCUT2D eigenvalue weighted by molar-refractivity contribution is 7.10. The standard InChI is InChI=1S/C17H19NO2S/c1-14-11-16(13-21-14)9-5-6-10-18-17(19)20-12-15-7-3-2-4-8-15/h2-5,7-9,11,13H,6,10,12H2,1H3,(H,18,19). The monoisotopic (exact) mass is 301 g/mol. The number of carbonyl (C=O) groups excluding carboxylic acids is 1. The Morgan fingerprint density at radius 3 is 2.86 bits per heavy atom. The van der Waals surface area contributed by atoms with Crippen molar-refractivity contribution in [2.75, 3.05) is 6.54 Å². The highest BCUT2D eigenvalue weighted by Gasteiger charge is 2.00. The zero-order chi connectivity index (χ0) is 14.9. The van der Waals surface area contributed by atoms with Crippen LogP contribution in [-0.2, 0) is 11.3 Å². The number of hydrogen-bond acceptors (Lipinski definition) is 3. The van der Waals surface area contributed by atoms with Crippen LogP contribution in [0.15, 0.2) is 47.9 Å². The Bertz CT molecular complexity index is 590. The highest BCUT2D eigenvalue weighted by Crippen LogP contribution is 2.14. The number of carbonyl (C=O) groups is 1. The fourth-order valence-corrected chi connectivity index (χ4v) is 2.47. The van der Waals surface area contributed by atoms with Gasteiger partial charge in [0.1, 0.15) is 6.61 Å². The Morgan fingerprint density at radius 1 is 1.33 bits per heavy atom. The zero-order valence-electron chi connectivity index (χ0n) is 12.0. The fourth-order valence-electron chi connectivity index (χ4n) is 1.80. The lowest BCUT2D eigenvalue weighted by molar-refractivity contribution is 0.140. The van der Waals surface area contributed by atoms with Crippen molar-refractivity contribution >= 4 is 23.5 Å². The van der Waals surface area contributed by atoms with Gasteiger partial charge in [-0.15, -0.1) is 11.3 Å². The molecule has 0 aliphatic rings. The molecule has 0 saturated heterocycles. The van der Waals surface area contributed by atoms with Crippen molar-refractivity contribution < 1.29 is 9.53 Å². The van der Waals surface area contributed by atoms with E-state index in [0.717, 1.165) is 12.0 Å². The smallest absolute Gasteiger partial charge is 0.407 e. The van der Waals surface area contributed by atoms with Gasteiger partial charge in [0, 0.05) is 11.4 Å². The van der Waals surface area contributed by atoms with Gasteiger partial charge in [-0.05, 0) is 35.9 Å². The number of rotatable bonds is 6. The number of benzene rings is 1. The lowest BCUT2D eigenvalue weighted by Gasteiger charge is -2.05. The molecule has 0 aliphatic heterocycles. The number of thiophene rings is 1. The molecular weight excluding hydrogens is 282 g/mol. The second-order valence-electron chi connectivity index (χ2n) is 4.67. The van der Waals surface area contributed by atoms with E-state index >= 15 is 0 Å². The van der Waals surface area contributed by atoms with Crippen molar-refractivity contribution in [1.29, 1.82) is 0 Å². The first-order valence-corrected chi connectivity index (χ1v) is 7.78. The molecule has 1 aromatic carbocycles. The Hall–Kier alpha value is -2.07. The summed E-state index contributed by atoms with van der Waals surface area (Å²) >= 11 is 1.74. The third kappa shape index (κ3) is 5.83. The molecule has 1 N–H and O–H groups in total. The Balaban J connectivity index is 1.60. The molecule has 0 radical (unpaired) electrons. The van der Waals surface area contributed by atoms with Gasteiger partial charge in [0.25, 0.3) is 0 Å². The van der Waals surface area contributed by atoms with Crippen LogP contribution in [0.2, 0.25) is 0 Å². The molecule has 1 aromatic heterocycles. The third-order valence-electron chi connectivity index (χ3n) is 2.85. The number of aryl methyl sites for hydroxylation is 1. The third-order valence-corrected chi connectivity index (χ3v) is 3.73. The van der Waals surface area contributed by atoms with E-state index in [1.165, 1.54) is 10.4 Å². The topological polar surface area (TPSA) is 38.3 Å². The predicted molar refractivity (Wildman–Crippen MR) is 87.3 cm³/mol. The molecule has 21 heavy (non-hydrogen) atoms. The highest BCUT2D eigenvalue weighted by atomic mass is 32.1. The molecular formula is C17H19NO2S. The quantitative estimate of drug-likeness (QED) is 0.804. The zero-order valence-corrected chi connectivity index (χ0v) is 12.9. The maximum absolute atomic E-state index is 11.5. The maximum atomic E-state index is 11.5. The van der Waals surface area contributed by atoms with Gasteiger partial charge in [-0.2, -0.15) is 0 Å². The lowest BCUT2D eigenvalue weighted by Crippen LogP contribution is -2.24. The van der Waals surface area contributed by atoms with Crippen molar-refractivity contribution in [3.63, 3.8) is 0 Å². The van der Waals surface area contributed by atoms with Crippen LogP contribution in [0.4, 0.5) is 4.79 Å². The number of ether oxygens (including phenoxy) is 1. The molecule has 0 unspecified atom stereocenters. The van der Waals surface area contributed by atoms with Crippen molar-refractivity contribution in [2.45, 2.75) is 20.0 Å². The van der Waals surface area contributed by atoms with E-state index in [0.29, 0.717) is 13.2 Å². The van der Waals surface area contributed by atoms with Gasteiger partial charge >= 0.3 is 6.09 Å². The van der Waals surface area contributed by atoms with E-state index in [2.05, 4.69) is 35.8 Å². The summed E-state index contributed by atoms with van der Waals surface area (Å²) in [7, 11) is 0. The van der Waals surface area contributed by atoms with Gasteiger partial charge in [-0.3, -0.25) is 0 Å². The molecule has 0 spiro atoms. The Labute approximate surface area is 129 Å². The summed E-state index contributed by atoms with van der Waals surface area (Å²) in [6.07, 6.45) is 4.54. The van der Waals surface area contributed by atoms with E-state index < -0.39 is 0 Å². The fraction of sp³-hybridized carbons (Fsp3) is 0.235. The molecule has 1 heterocycles. The molecule has 3 nitrogen and oxygen atoms in total. The number of hydrogen-bond donors (Lipinski definition) is 1. The first-order valence-electron chi connectivity index (χ1n) is 6.90. The van der Waals surface area contributed by atoms with E-state index in [-0.39, 0.29) is 6.09 Å². The van der Waals surface area contributed by atoms with Crippen LogP contribution in [0.5, 0.6) is 0 Å². The van der Waals surface area contributed by atoms with Crippen molar-refractivity contribution in [3.05, 3.63) is 63.9 Å². The Kier molecular flexibility index (Phi) is 6.03. The van der Waals surface area contributed by atoms with E-state index in [9.17, 15) is 4.79 Å². The minimum absolute atomic E-state index is 0.302. The van der Waals surface area contributed by atoms with Crippen molar-refractivity contribution in [3.8, 4) is 0 Å². The first-order chi connectivity index (χ1) is 10.2. The molecule has 0 aliphatic carbocycles. The first kappa shape index (κ1) is 15.3. The van der Waals surface area contributed by atoms with Gasteiger partial charge in [-0.25, -0.2) is 4.79 Å². The number of alkyl carbamates (subject to hydrolysis) is 1. The van der Waals surface area contributed by atoms with Crippen LogP contribution in [0.1, 0.15) is 22.4 Å². The summed E-state index contributed by atoms with van der Waals surface area (Å²) in [5, 5.41) is 4.85. The van der Waals surface area contributed by atoms with Crippen LogP contribution in [0.25, 0.3) is 6.08 Å². The van der Waals surface area contributed by atoms with Crippen molar-refractivity contribution in [1.82, 2.24) is 5.32 Å². The molecule has 0 bridgehead atoms. The van der Waals surface area contributed by atoms with Crippen LogP contribution >= 0.6 is 11.3 Å². The van der Waals surface area contributed by atoms with Crippen LogP contribution in [0, 0.1) is 6.92 Å². The number of amides is 1. The molecule has 0 saturated carbocycles. The predicted octanol–water partition coefficient (Wildman–Crippen LogP) is 4.39.